The standard InChI is InChI=1S/C13H11NO2/c1-14-9-6-7-11-12(13(9)15)8-4-2-3-5-10(8)16-11/h2-7,14-15H,1H3. The Labute approximate surface area is 92.3 Å². The molecule has 3 heteroatoms. The lowest BCUT2D eigenvalue weighted by Crippen LogP contribution is -1.87. The van der Waals surface area contributed by atoms with Crippen LogP contribution in [0.3, 0.4) is 0 Å². The minimum atomic E-state index is 0.241. The first-order chi connectivity index (χ1) is 7.81. The minimum absolute atomic E-state index is 0.241. The van der Waals surface area contributed by atoms with E-state index in [0.717, 1.165) is 16.4 Å². The van der Waals surface area contributed by atoms with Gasteiger partial charge in [-0.1, -0.05) is 18.2 Å². The Balaban J connectivity index is 2.53. The van der Waals surface area contributed by atoms with Crippen LogP contribution in [0.15, 0.2) is 40.8 Å². The number of phenolic OH excluding ortho intramolecular Hbond substituents is 1. The van der Waals surface area contributed by atoms with E-state index in [2.05, 4.69) is 5.32 Å². The van der Waals surface area contributed by atoms with Gasteiger partial charge >= 0.3 is 0 Å². The fourth-order valence-corrected chi connectivity index (χ4v) is 2.00. The lowest BCUT2D eigenvalue weighted by molar-refractivity contribution is 0.483. The number of hydrogen-bond acceptors (Lipinski definition) is 3. The topological polar surface area (TPSA) is 45.4 Å². The van der Waals surface area contributed by atoms with E-state index >= 15 is 0 Å². The maximum absolute atomic E-state index is 10.1. The number of nitrogens with one attached hydrogen (secondary N) is 1. The number of benzene rings is 2. The monoisotopic (exact) mass is 213 g/mol. The summed E-state index contributed by atoms with van der Waals surface area (Å²) in [5.41, 5.74) is 2.21. The Morgan fingerprint density at radius 3 is 2.69 bits per heavy atom. The van der Waals surface area contributed by atoms with Crippen LogP contribution in [0.1, 0.15) is 0 Å². The molecule has 1 heterocycles. The van der Waals surface area contributed by atoms with Crippen LogP contribution in [0, 0.1) is 0 Å². The Kier molecular flexibility index (Phi) is 1.80. The molecular formula is C13H11NO2. The molecule has 0 saturated heterocycles. The van der Waals surface area contributed by atoms with Crippen molar-refractivity contribution in [2.45, 2.75) is 0 Å². The fourth-order valence-electron chi connectivity index (χ4n) is 2.00. The summed E-state index contributed by atoms with van der Waals surface area (Å²) in [6.07, 6.45) is 0. The molecule has 0 radical (unpaired) electrons. The third-order valence-electron chi connectivity index (χ3n) is 2.79. The largest absolute Gasteiger partial charge is 0.505 e. The first-order valence-electron chi connectivity index (χ1n) is 5.12. The van der Waals surface area contributed by atoms with Crippen LogP contribution in [0.25, 0.3) is 21.9 Å². The lowest BCUT2D eigenvalue weighted by atomic mass is 10.1. The molecule has 0 aliphatic carbocycles. The third kappa shape index (κ3) is 1.08. The van der Waals surface area contributed by atoms with Crippen molar-refractivity contribution < 1.29 is 9.52 Å². The normalized spacial score (nSPS) is 11.1. The molecule has 3 rings (SSSR count). The number of hydrogen-bond donors (Lipinski definition) is 2. The summed E-state index contributed by atoms with van der Waals surface area (Å²) in [7, 11) is 1.78. The van der Waals surface area contributed by atoms with Gasteiger partial charge in [-0.05, 0) is 18.2 Å². The molecule has 1 aromatic heterocycles. The molecule has 0 bridgehead atoms. The molecule has 0 unspecified atom stereocenters. The van der Waals surface area contributed by atoms with Gasteiger partial charge in [-0.25, -0.2) is 0 Å². The molecule has 3 aromatic rings. The maximum Gasteiger partial charge on any atom is 0.150 e. The number of para-hydroxylation sites is 1. The molecule has 0 fully saturated rings. The summed E-state index contributed by atoms with van der Waals surface area (Å²) in [4.78, 5) is 0. The van der Waals surface area contributed by atoms with E-state index < -0.39 is 0 Å². The quantitative estimate of drug-likeness (QED) is 0.609. The number of anilines is 1. The van der Waals surface area contributed by atoms with Gasteiger partial charge in [0.05, 0.1) is 11.1 Å². The molecule has 16 heavy (non-hydrogen) atoms. The second kappa shape index (κ2) is 3.17. The number of aromatic hydroxyl groups is 1. The second-order valence-corrected chi connectivity index (χ2v) is 3.68. The van der Waals surface area contributed by atoms with E-state index in [9.17, 15) is 5.11 Å². The summed E-state index contributed by atoms with van der Waals surface area (Å²) in [5, 5.41) is 14.8. The summed E-state index contributed by atoms with van der Waals surface area (Å²) in [6, 6.07) is 11.4. The molecule has 2 N–H and O–H groups in total. The van der Waals surface area contributed by atoms with E-state index in [1.54, 1.807) is 13.1 Å². The van der Waals surface area contributed by atoms with Crippen LogP contribution in [0.2, 0.25) is 0 Å². The Hall–Kier alpha value is -2.16. The number of rotatable bonds is 1. The maximum atomic E-state index is 10.1. The summed E-state index contributed by atoms with van der Waals surface area (Å²) in [5.74, 6) is 0.241. The molecule has 0 spiro atoms. The van der Waals surface area contributed by atoms with Crippen LogP contribution in [-0.2, 0) is 0 Å². The van der Waals surface area contributed by atoms with Crippen molar-refractivity contribution in [3.63, 3.8) is 0 Å². The molecule has 3 nitrogen and oxygen atoms in total. The molecule has 0 amide bonds. The average Bonchev–Trinajstić information content (AvgIpc) is 2.68. The first kappa shape index (κ1) is 9.09. The van der Waals surface area contributed by atoms with Gasteiger partial charge in [0, 0.05) is 12.4 Å². The Morgan fingerprint density at radius 2 is 1.88 bits per heavy atom. The van der Waals surface area contributed by atoms with Crippen molar-refractivity contribution in [2.75, 3.05) is 12.4 Å². The van der Waals surface area contributed by atoms with Crippen LogP contribution in [-0.4, -0.2) is 12.2 Å². The molecule has 2 aromatic carbocycles. The van der Waals surface area contributed by atoms with E-state index in [1.807, 2.05) is 30.3 Å². The smallest absolute Gasteiger partial charge is 0.150 e. The zero-order chi connectivity index (χ0) is 11.1. The highest BCUT2D eigenvalue weighted by Gasteiger charge is 2.12. The predicted molar refractivity (Wildman–Crippen MR) is 64.9 cm³/mol. The fraction of sp³-hybridized carbons (Fsp3) is 0.0769. The van der Waals surface area contributed by atoms with Crippen molar-refractivity contribution >= 4 is 27.6 Å². The molecule has 0 aliphatic heterocycles. The predicted octanol–water partition coefficient (Wildman–Crippen LogP) is 3.33. The molecule has 0 saturated carbocycles. The van der Waals surface area contributed by atoms with Crippen molar-refractivity contribution in [2.24, 2.45) is 0 Å². The molecule has 80 valence electrons. The van der Waals surface area contributed by atoms with Crippen LogP contribution in [0.4, 0.5) is 5.69 Å². The van der Waals surface area contributed by atoms with E-state index in [-0.39, 0.29) is 5.75 Å². The van der Waals surface area contributed by atoms with Gasteiger partial charge in [0.25, 0.3) is 0 Å². The van der Waals surface area contributed by atoms with E-state index in [4.69, 9.17) is 4.42 Å². The van der Waals surface area contributed by atoms with Gasteiger partial charge in [-0.3, -0.25) is 0 Å². The Morgan fingerprint density at radius 1 is 1.06 bits per heavy atom. The van der Waals surface area contributed by atoms with E-state index in [0.29, 0.717) is 11.3 Å². The first-order valence-corrected chi connectivity index (χ1v) is 5.12. The highest BCUT2D eigenvalue weighted by Crippen LogP contribution is 2.39. The molecule has 0 aliphatic rings. The van der Waals surface area contributed by atoms with Gasteiger partial charge in [0.1, 0.15) is 16.9 Å². The number of fused-ring (bicyclic) bond motifs is 3. The van der Waals surface area contributed by atoms with Gasteiger partial charge in [-0.2, -0.15) is 0 Å². The van der Waals surface area contributed by atoms with Crippen LogP contribution >= 0.6 is 0 Å². The zero-order valence-corrected chi connectivity index (χ0v) is 8.82. The minimum Gasteiger partial charge on any atom is -0.505 e. The van der Waals surface area contributed by atoms with Crippen LogP contribution < -0.4 is 5.32 Å². The van der Waals surface area contributed by atoms with Crippen molar-refractivity contribution in [1.82, 2.24) is 0 Å². The number of phenols is 1. The zero-order valence-electron chi connectivity index (χ0n) is 8.82. The van der Waals surface area contributed by atoms with Crippen molar-refractivity contribution in [3.05, 3.63) is 36.4 Å². The van der Waals surface area contributed by atoms with Gasteiger partial charge in [-0.15, -0.1) is 0 Å². The third-order valence-corrected chi connectivity index (χ3v) is 2.79. The second-order valence-electron chi connectivity index (χ2n) is 3.68. The summed E-state index contributed by atoms with van der Waals surface area (Å²) < 4.78 is 5.64. The van der Waals surface area contributed by atoms with E-state index in [1.165, 1.54) is 0 Å². The highest BCUT2D eigenvalue weighted by molar-refractivity contribution is 6.10. The van der Waals surface area contributed by atoms with Gasteiger partial charge in [0.15, 0.2) is 0 Å². The van der Waals surface area contributed by atoms with Gasteiger partial charge in [0.2, 0.25) is 0 Å². The van der Waals surface area contributed by atoms with Crippen LogP contribution in [0.5, 0.6) is 5.75 Å². The summed E-state index contributed by atoms with van der Waals surface area (Å²) in [6.45, 7) is 0. The van der Waals surface area contributed by atoms with Crippen molar-refractivity contribution in [3.8, 4) is 5.75 Å². The summed E-state index contributed by atoms with van der Waals surface area (Å²) >= 11 is 0. The van der Waals surface area contributed by atoms with Crippen molar-refractivity contribution in [1.29, 1.82) is 0 Å². The molecular weight excluding hydrogens is 202 g/mol. The average molecular weight is 213 g/mol. The lowest BCUT2D eigenvalue weighted by Gasteiger charge is -2.03. The molecule has 0 atom stereocenters. The number of furan rings is 1. The highest BCUT2D eigenvalue weighted by atomic mass is 16.3. The Bertz CT molecular complexity index is 670. The SMILES string of the molecule is CNc1ccc2oc3ccccc3c2c1O. The van der Waals surface area contributed by atoms with Gasteiger partial charge < -0.3 is 14.8 Å².